The van der Waals surface area contributed by atoms with Crippen LogP contribution in [0.15, 0.2) is 74.9 Å². The number of Topliss-reactive ketones (excluding diaryl/α,β-unsaturated/α-hetero) is 1. The summed E-state index contributed by atoms with van der Waals surface area (Å²) in [6, 6.07) is 18.9. The molecule has 0 aliphatic carbocycles. The van der Waals surface area contributed by atoms with Crippen molar-refractivity contribution in [1.29, 1.82) is 0 Å². The van der Waals surface area contributed by atoms with Gasteiger partial charge < -0.3 is 4.42 Å². The Kier molecular flexibility index (Phi) is 3.60. The highest BCUT2D eigenvalue weighted by atomic mass is 35.5. The molecule has 1 aliphatic rings. The molecule has 0 radical (unpaired) electrons. The zero-order valence-electron chi connectivity index (χ0n) is 12.0. The minimum Gasteiger partial charge on any atom is -0.457 e. The number of carbonyl (C=O) groups excluding carboxylic acids is 1. The normalized spacial score (nSPS) is 15.2. The second kappa shape index (κ2) is 5.76. The van der Waals surface area contributed by atoms with E-state index >= 15 is 0 Å². The summed E-state index contributed by atoms with van der Waals surface area (Å²) in [5, 5.41) is 0.663. The first-order valence-electron chi connectivity index (χ1n) is 7.10. The van der Waals surface area contributed by atoms with Gasteiger partial charge in [-0.05, 0) is 42.5 Å². The van der Waals surface area contributed by atoms with Crippen molar-refractivity contribution in [1.82, 2.24) is 0 Å². The molecule has 2 aromatic carbocycles. The largest absolute Gasteiger partial charge is 0.457 e. The van der Waals surface area contributed by atoms with Gasteiger partial charge in [0.05, 0.1) is 4.91 Å². The zero-order valence-corrected chi connectivity index (χ0v) is 13.5. The van der Waals surface area contributed by atoms with Gasteiger partial charge in [-0.15, -0.1) is 0 Å². The molecule has 0 saturated carbocycles. The van der Waals surface area contributed by atoms with Crippen molar-refractivity contribution in [2.45, 2.75) is 4.90 Å². The van der Waals surface area contributed by atoms with Crippen molar-refractivity contribution in [2.24, 2.45) is 0 Å². The topological polar surface area (TPSA) is 30.2 Å². The van der Waals surface area contributed by atoms with Crippen LogP contribution in [0.3, 0.4) is 0 Å². The molecule has 112 valence electrons. The van der Waals surface area contributed by atoms with Crippen molar-refractivity contribution in [3.8, 4) is 11.3 Å². The number of benzene rings is 2. The number of allylic oxidation sites excluding steroid dienone is 1. The Morgan fingerprint density at radius 3 is 2.70 bits per heavy atom. The van der Waals surface area contributed by atoms with Crippen LogP contribution in [0.2, 0.25) is 5.02 Å². The van der Waals surface area contributed by atoms with E-state index in [9.17, 15) is 4.79 Å². The van der Waals surface area contributed by atoms with E-state index < -0.39 is 0 Å². The molecule has 3 aromatic rings. The van der Waals surface area contributed by atoms with Crippen molar-refractivity contribution in [2.75, 3.05) is 0 Å². The van der Waals surface area contributed by atoms with Crippen LogP contribution >= 0.6 is 23.4 Å². The second-order valence-electron chi connectivity index (χ2n) is 5.15. The van der Waals surface area contributed by atoms with E-state index in [-0.39, 0.29) is 5.78 Å². The molecule has 0 amide bonds. The van der Waals surface area contributed by atoms with Crippen molar-refractivity contribution in [3.05, 3.63) is 81.9 Å². The number of thioether (sulfide) groups is 1. The highest BCUT2D eigenvalue weighted by Gasteiger charge is 2.25. The molecule has 0 spiro atoms. The number of ketones is 1. The maximum atomic E-state index is 12.4. The maximum absolute atomic E-state index is 12.4. The number of hydrogen-bond donors (Lipinski definition) is 0. The van der Waals surface area contributed by atoms with Gasteiger partial charge in [-0.2, -0.15) is 0 Å². The molecule has 0 unspecified atom stereocenters. The summed E-state index contributed by atoms with van der Waals surface area (Å²) in [4.78, 5) is 14.0. The van der Waals surface area contributed by atoms with Crippen LogP contribution in [0.5, 0.6) is 0 Å². The summed E-state index contributed by atoms with van der Waals surface area (Å²) in [5.74, 6) is 1.43. The third-order valence-corrected chi connectivity index (χ3v) is 4.92. The van der Waals surface area contributed by atoms with Gasteiger partial charge >= 0.3 is 0 Å². The van der Waals surface area contributed by atoms with Gasteiger partial charge in [0.2, 0.25) is 5.78 Å². The van der Waals surface area contributed by atoms with E-state index in [0.29, 0.717) is 15.7 Å². The molecule has 0 fully saturated rings. The molecule has 23 heavy (non-hydrogen) atoms. The van der Waals surface area contributed by atoms with Crippen molar-refractivity contribution >= 4 is 35.2 Å². The maximum Gasteiger partial charge on any atom is 0.200 e. The number of carbonyl (C=O) groups is 1. The highest BCUT2D eigenvalue weighted by molar-refractivity contribution is 8.04. The Labute approximate surface area is 142 Å². The van der Waals surface area contributed by atoms with Crippen LogP contribution in [-0.4, -0.2) is 5.78 Å². The minimum atomic E-state index is 0.0475. The van der Waals surface area contributed by atoms with E-state index in [0.717, 1.165) is 21.8 Å². The summed E-state index contributed by atoms with van der Waals surface area (Å²) in [6.45, 7) is 0. The molecule has 0 saturated heterocycles. The Bertz CT molecular complexity index is 940. The van der Waals surface area contributed by atoms with Gasteiger partial charge in [-0.25, -0.2) is 0 Å². The average molecular weight is 339 g/mol. The lowest BCUT2D eigenvalue weighted by atomic mass is 10.1. The first kappa shape index (κ1) is 14.4. The SMILES string of the molecule is O=C1/C(=C\c2ccc(-c3cccc(Cl)c3)o2)Sc2ccccc21. The Balaban J connectivity index is 1.65. The van der Waals surface area contributed by atoms with Crippen LogP contribution in [-0.2, 0) is 0 Å². The first-order chi connectivity index (χ1) is 11.2. The zero-order chi connectivity index (χ0) is 15.8. The Morgan fingerprint density at radius 2 is 1.87 bits per heavy atom. The van der Waals surface area contributed by atoms with Gasteiger partial charge in [0, 0.05) is 21.0 Å². The molecule has 1 aliphatic heterocycles. The molecule has 0 N–H and O–H groups in total. The number of halogens is 1. The third kappa shape index (κ3) is 2.74. The Hall–Kier alpha value is -2.23. The fourth-order valence-electron chi connectivity index (χ4n) is 2.49. The predicted molar refractivity (Wildman–Crippen MR) is 93.8 cm³/mol. The number of rotatable bonds is 2. The lowest BCUT2D eigenvalue weighted by molar-refractivity contribution is 0.104. The van der Waals surface area contributed by atoms with Gasteiger partial charge in [0.1, 0.15) is 11.5 Å². The number of fused-ring (bicyclic) bond motifs is 1. The average Bonchev–Trinajstić information content (AvgIpc) is 3.14. The van der Waals surface area contributed by atoms with Crippen molar-refractivity contribution in [3.63, 3.8) is 0 Å². The van der Waals surface area contributed by atoms with E-state index in [4.69, 9.17) is 16.0 Å². The minimum absolute atomic E-state index is 0.0475. The van der Waals surface area contributed by atoms with Crippen LogP contribution < -0.4 is 0 Å². The van der Waals surface area contributed by atoms with E-state index in [1.807, 2.05) is 60.7 Å². The summed E-state index contributed by atoms with van der Waals surface area (Å²) in [7, 11) is 0. The van der Waals surface area contributed by atoms with Gasteiger partial charge in [-0.3, -0.25) is 4.79 Å². The number of furan rings is 1. The van der Waals surface area contributed by atoms with Crippen LogP contribution in [0, 0.1) is 0 Å². The first-order valence-corrected chi connectivity index (χ1v) is 8.29. The summed E-state index contributed by atoms with van der Waals surface area (Å²) >= 11 is 7.49. The van der Waals surface area contributed by atoms with Crippen LogP contribution in [0.25, 0.3) is 17.4 Å². The van der Waals surface area contributed by atoms with Gasteiger partial charge in [-0.1, -0.05) is 47.6 Å². The standard InChI is InChI=1S/C19H11ClO2S/c20-13-5-3-4-12(10-13)16-9-8-14(22-16)11-18-19(21)15-6-1-2-7-17(15)23-18/h1-11H/b18-11+. The Morgan fingerprint density at radius 1 is 1.00 bits per heavy atom. The van der Waals surface area contributed by atoms with E-state index in [1.165, 1.54) is 11.8 Å². The molecule has 2 nitrogen and oxygen atoms in total. The van der Waals surface area contributed by atoms with Crippen molar-refractivity contribution < 1.29 is 9.21 Å². The number of hydrogen-bond acceptors (Lipinski definition) is 3. The van der Waals surface area contributed by atoms with Crippen LogP contribution in [0.1, 0.15) is 16.1 Å². The summed E-state index contributed by atoms with van der Waals surface area (Å²) < 4.78 is 5.83. The van der Waals surface area contributed by atoms with Crippen LogP contribution in [0.4, 0.5) is 0 Å². The quantitative estimate of drug-likeness (QED) is 0.542. The van der Waals surface area contributed by atoms with Gasteiger partial charge in [0.15, 0.2) is 0 Å². The summed E-state index contributed by atoms with van der Waals surface area (Å²) in [6.07, 6.45) is 1.79. The molecule has 0 bridgehead atoms. The van der Waals surface area contributed by atoms with E-state index in [2.05, 4.69) is 0 Å². The lowest BCUT2D eigenvalue weighted by Crippen LogP contribution is -1.93. The monoisotopic (exact) mass is 338 g/mol. The molecule has 1 aromatic heterocycles. The fraction of sp³-hybridized carbons (Fsp3) is 0. The molecule has 2 heterocycles. The lowest BCUT2D eigenvalue weighted by Gasteiger charge is -1.97. The molecule has 0 atom stereocenters. The van der Waals surface area contributed by atoms with E-state index in [1.54, 1.807) is 6.08 Å². The van der Waals surface area contributed by atoms with Gasteiger partial charge in [0.25, 0.3) is 0 Å². The molecule has 4 rings (SSSR count). The molecule has 4 heteroatoms. The third-order valence-electron chi connectivity index (χ3n) is 3.58. The highest BCUT2D eigenvalue weighted by Crippen LogP contribution is 2.40. The molecular weight excluding hydrogens is 328 g/mol. The molecular formula is C19H11ClO2S. The summed E-state index contributed by atoms with van der Waals surface area (Å²) in [5.41, 5.74) is 1.67. The fourth-order valence-corrected chi connectivity index (χ4v) is 3.71. The second-order valence-corrected chi connectivity index (χ2v) is 6.67. The predicted octanol–water partition coefficient (Wildman–Crippen LogP) is 5.93. The smallest absolute Gasteiger partial charge is 0.200 e.